The van der Waals surface area contributed by atoms with Crippen molar-refractivity contribution in [2.24, 2.45) is 5.92 Å². The van der Waals surface area contributed by atoms with Gasteiger partial charge in [-0.2, -0.15) is 0 Å². The SMILES string of the molecule is c1ccc(CCC2CN(Cc3ccccc3)CCC23CO3)cc1. The second kappa shape index (κ2) is 6.46. The summed E-state index contributed by atoms with van der Waals surface area (Å²) in [6, 6.07) is 21.7. The Labute approximate surface area is 139 Å². The Morgan fingerprint density at radius 3 is 2.26 bits per heavy atom. The zero-order valence-electron chi connectivity index (χ0n) is 13.7. The topological polar surface area (TPSA) is 15.8 Å². The molecule has 1 spiro atoms. The summed E-state index contributed by atoms with van der Waals surface area (Å²) in [5.74, 6) is 0.667. The third kappa shape index (κ3) is 3.49. The lowest BCUT2D eigenvalue weighted by Gasteiger charge is -2.37. The van der Waals surface area contributed by atoms with Gasteiger partial charge in [0, 0.05) is 25.6 Å². The molecule has 2 aromatic rings. The fourth-order valence-corrected chi connectivity index (χ4v) is 3.92. The van der Waals surface area contributed by atoms with Crippen molar-refractivity contribution in [3.8, 4) is 0 Å². The highest BCUT2D eigenvalue weighted by atomic mass is 16.6. The first-order valence-corrected chi connectivity index (χ1v) is 8.78. The Bertz CT molecular complexity index is 621. The molecule has 0 N–H and O–H groups in total. The van der Waals surface area contributed by atoms with Crippen molar-refractivity contribution >= 4 is 0 Å². The van der Waals surface area contributed by atoms with Crippen LogP contribution in [-0.4, -0.2) is 30.2 Å². The Hall–Kier alpha value is -1.64. The van der Waals surface area contributed by atoms with Crippen LogP contribution in [0.3, 0.4) is 0 Å². The van der Waals surface area contributed by atoms with Crippen LogP contribution in [0.2, 0.25) is 0 Å². The molecule has 0 aliphatic carbocycles. The Morgan fingerprint density at radius 1 is 0.957 bits per heavy atom. The Morgan fingerprint density at radius 2 is 1.61 bits per heavy atom. The predicted octanol–water partition coefficient (Wildman–Crippen LogP) is 3.91. The summed E-state index contributed by atoms with van der Waals surface area (Å²) >= 11 is 0. The average Bonchev–Trinajstić information content (AvgIpc) is 3.38. The van der Waals surface area contributed by atoms with Crippen LogP contribution in [0, 0.1) is 5.92 Å². The van der Waals surface area contributed by atoms with E-state index >= 15 is 0 Å². The second-order valence-corrected chi connectivity index (χ2v) is 7.05. The molecule has 2 aromatic carbocycles. The normalized spacial score (nSPS) is 27.2. The molecule has 2 saturated heterocycles. The molecule has 2 heteroatoms. The van der Waals surface area contributed by atoms with E-state index in [-0.39, 0.29) is 5.60 Å². The summed E-state index contributed by atoms with van der Waals surface area (Å²) in [7, 11) is 0. The van der Waals surface area contributed by atoms with Crippen LogP contribution in [0.4, 0.5) is 0 Å². The van der Waals surface area contributed by atoms with Crippen molar-refractivity contribution in [1.29, 1.82) is 0 Å². The maximum absolute atomic E-state index is 5.91. The Kier molecular flexibility index (Phi) is 4.19. The first-order chi connectivity index (χ1) is 11.3. The number of epoxide rings is 1. The van der Waals surface area contributed by atoms with Gasteiger partial charge in [0.15, 0.2) is 0 Å². The third-order valence-corrected chi connectivity index (χ3v) is 5.46. The molecule has 120 valence electrons. The molecule has 0 aromatic heterocycles. The van der Waals surface area contributed by atoms with Gasteiger partial charge in [-0.3, -0.25) is 4.90 Å². The lowest BCUT2D eigenvalue weighted by atomic mass is 9.81. The van der Waals surface area contributed by atoms with E-state index in [1.165, 1.54) is 30.5 Å². The number of hydrogen-bond acceptors (Lipinski definition) is 2. The zero-order chi connectivity index (χ0) is 15.5. The number of likely N-dealkylation sites (tertiary alicyclic amines) is 1. The van der Waals surface area contributed by atoms with Crippen molar-refractivity contribution in [3.63, 3.8) is 0 Å². The van der Waals surface area contributed by atoms with Gasteiger partial charge in [-0.1, -0.05) is 60.7 Å². The molecule has 2 atom stereocenters. The standard InChI is InChI=1S/C21H25NO/c1-3-7-18(8-4-1)11-12-20-16-22(14-13-21(20)17-23-21)15-19-9-5-2-6-10-19/h1-10,20H,11-17H2. The van der Waals surface area contributed by atoms with Crippen molar-refractivity contribution in [1.82, 2.24) is 4.90 Å². The van der Waals surface area contributed by atoms with Gasteiger partial charge < -0.3 is 4.74 Å². The fraction of sp³-hybridized carbons (Fsp3) is 0.429. The number of benzene rings is 2. The number of ether oxygens (including phenoxy) is 1. The minimum absolute atomic E-state index is 0.210. The Balaban J connectivity index is 1.38. The van der Waals surface area contributed by atoms with E-state index in [4.69, 9.17) is 4.74 Å². The number of rotatable bonds is 5. The molecule has 0 amide bonds. The molecule has 2 aliphatic rings. The van der Waals surface area contributed by atoms with Crippen molar-refractivity contribution in [2.75, 3.05) is 19.7 Å². The smallest absolute Gasteiger partial charge is 0.0968 e. The number of nitrogens with zero attached hydrogens (tertiary/aromatic N) is 1. The largest absolute Gasteiger partial charge is 0.369 e. The molecule has 2 heterocycles. The summed E-state index contributed by atoms with van der Waals surface area (Å²) in [5, 5.41) is 0. The maximum atomic E-state index is 5.91. The van der Waals surface area contributed by atoms with Crippen LogP contribution in [0.5, 0.6) is 0 Å². The average molecular weight is 307 g/mol. The van der Waals surface area contributed by atoms with E-state index in [1.807, 2.05) is 0 Å². The summed E-state index contributed by atoms with van der Waals surface area (Å²) < 4.78 is 5.91. The summed E-state index contributed by atoms with van der Waals surface area (Å²) in [6.07, 6.45) is 3.59. The first kappa shape index (κ1) is 14.9. The third-order valence-electron chi connectivity index (χ3n) is 5.46. The number of hydrogen-bond donors (Lipinski definition) is 0. The van der Waals surface area contributed by atoms with E-state index in [9.17, 15) is 0 Å². The zero-order valence-corrected chi connectivity index (χ0v) is 13.7. The predicted molar refractivity (Wildman–Crippen MR) is 93.3 cm³/mol. The second-order valence-electron chi connectivity index (χ2n) is 7.05. The van der Waals surface area contributed by atoms with Crippen molar-refractivity contribution in [3.05, 3.63) is 71.8 Å². The van der Waals surface area contributed by atoms with E-state index in [0.29, 0.717) is 5.92 Å². The first-order valence-electron chi connectivity index (χ1n) is 8.78. The van der Waals surface area contributed by atoms with Gasteiger partial charge in [-0.05, 0) is 30.4 Å². The number of aryl methyl sites for hydroxylation is 1. The molecule has 2 fully saturated rings. The van der Waals surface area contributed by atoms with Crippen molar-refractivity contribution < 1.29 is 4.74 Å². The maximum Gasteiger partial charge on any atom is 0.0968 e. The monoisotopic (exact) mass is 307 g/mol. The van der Waals surface area contributed by atoms with E-state index < -0.39 is 0 Å². The quantitative estimate of drug-likeness (QED) is 0.778. The lowest BCUT2D eigenvalue weighted by molar-refractivity contribution is 0.0749. The van der Waals surface area contributed by atoms with Gasteiger partial charge in [0.1, 0.15) is 0 Å². The lowest BCUT2D eigenvalue weighted by Crippen LogP contribution is -2.45. The molecular weight excluding hydrogens is 282 g/mol. The highest BCUT2D eigenvalue weighted by molar-refractivity contribution is 5.17. The molecule has 2 unspecified atom stereocenters. The van der Waals surface area contributed by atoms with Gasteiger partial charge in [-0.25, -0.2) is 0 Å². The number of piperidine rings is 1. The minimum atomic E-state index is 0.210. The van der Waals surface area contributed by atoms with Gasteiger partial charge in [-0.15, -0.1) is 0 Å². The fourth-order valence-electron chi connectivity index (χ4n) is 3.92. The molecule has 2 nitrogen and oxygen atoms in total. The van der Waals surface area contributed by atoms with Gasteiger partial charge in [0.05, 0.1) is 12.2 Å². The molecule has 23 heavy (non-hydrogen) atoms. The van der Waals surface area contributed by atoms with E-state index in [0.717, 1.165) is 26.1 Å². The van der Waals surface area contributed by atoms with Gasteiger partial charge in [0.25, 0.3) is 0 Å². The summed E-state index contributed by atoms with van der Waals surface area (Å²) in [5.41, 5.74) is 3.08. The molecule has 4 rings (SSSR count). The van der Waals surface area contributed by atoms with Crippen LogP contribution in [0.1, 0.15) is 24.0 Å². The van der Waals surface area contributed by atoms with E-state index in [2.05, 4.69) is 65.6 Å². The molecule has 0 radical (unpaired) electrons. The van der Waals surface area contributed by atoms with Crippen LogP contribution < -0.4 is 0 Å². The summed E-state index contributed by atoms with van der Waals surface area (Å²) in [6.45, 7) is 4.38. The van der Waals surface area contributed by atoms with Crippen LogP contribution >= 0.6 is 0 Å². The van der Waals surface area contributed by atoms with E-state index in [1.54, 1.807) is 0 Å². The van der Waals surface area contributed by atoms with Gasteiger partial charge in [0.2, 0.25) is 0 Å². The minimum Gasteiger partial charge on any atom is -0.369 e. The summed E-state index contributed by atoms with van der Waals surface area (Å²) in [4.78, 5) is 2.61. The van der Waals surface area contributed by atoms with Crippen LogP contribution in [0.25, 0.3) is 0 Å². The molecule has 0 bridgehead atoms. The molecule has 0 saturated carbocycles. The highest BCUT2D eigenvalue weighted by Crippen LogP contribution is 2.44. The highest BCUT2D eigenvalue weighted by Gasteiger charge is 2.53. The van der Waals surface area contributed by atoms with Crippen LogP contribution in [0.15, 0.2) is 60.7 Å². The molecular formula is C21H25NO. The molecule has 2 aliphatic heterocycles. The van der Waals surface area contributed by atoms with Crippen molar-refractivity contribution in [2.45, 2.75) is 31.4 Å². The van der Waals surface area contributed by atoms with Crippen LogP contribution in [-0.2, 0) is 17.7 Å². The van der Waals surface area contributed by atoms with Gasteiger partial charge >= 0.3 is 0 Å².